The maximum Gasteiger partial charge on any atom is 0.303 e. The monoisotopic (exact) mass is 789 g/mol. The summed E-state index contributed by atoms with van der Waals surface area (Å²) in [6.07, 6.45) is -3.75. The molecule has 0 heterocycles. The van der Waals surface area contributed by atoms with Crippen molar-refractivity contribution in [3.63, 3.8) is 0 Å². The zero-order valence-corrected chi connectivity index (χ0v) is 29.5. The first-order valence-corrected chi connectivity index (χ1v) is 16.7. The molecule has 21 nitrogen and oxygen atoms in total. The summed E-state index contributed by atoms with van der Waals surface area (Å²) in [7, 11) is 0. The van der Waals surface area contributed by atoms with Crippen molar-refractivity contribution in [2.45, 2.75) is 75.5 Å². The average molecular weight is 790 g/mol. The Morgan fingerprint density at radius 2 is 1.05 bits per heavy atom. The molecule has 0 aliphatic heterocycles. The summed E-state index contributed by atoms with van der Waals surface area (Å²) in [6, 6.07) is 3.48. The Balaban J connectivity index is 2.34. The van der Waals surface area contributed by atoms with Crippen molar-refractivity contribution in [1.82, 2.24) is 26.6 Å². The molecule has 2 aromatic carbocycles. The number of non-ortho nitro benzene ring substituents is 1. The number of amides is 6. The largest absolute Gasteiger partial charge is 0.481 e. The van der Waals surface area contributed by atoms with Crippen LogP contribution in [-0.4, -0.2) is 104 Å². The minimum Gasteiger partial charge on any atom is -0.481 e. The van der Waals surface area contributed by atoms with E-state index in [2.05, 4.69) is 26.6 Å². The van der Waals surface area contributed by atoms with Gasteiger partial charge in [-0.15, -0.1) is 0 Å². The zero-order valence-electron chi connectivity index (χ0n) is 29.5. The van der Waals surface area contributed by atoms with Crippen LogP contribution >= 0.6 is 0 Å². The van der Waals surface area contributed by atoms with Crippen LogP contribution in [0.15, 0.2) is 48.5 Å². The number of aliphatic carboxylic acids is 3. The van der Waals surface area contributed by atoms with Crippen LogP contribution in [0.4, 0.5) is 10.1 Å². The highest BCUT2D eigenvalue weighted by Gasteiger charge is 2.31. The Morgan fingerprint density at radius 1 is 0.607 bits per heavy atom. The molecule has 0 saturated heterocycles. The van der Waals surface area contributed by atoms with Crippen LogP contribution in [0.1, 0.15) is 49.7 Å². The van der Waals surface area contributed by atoms with Crippen molar-refractivity contribution >= 4 is 59.0 Å². The van der Waals surface area contributed by atoms with Crippen LogP contribution in [0.5, 0.6) is 0 Å². The van der Waals surface area contributed by atoms with E-state index < -0.39 is 133 Å². The van der Waals surface area contributed by atoms with E-state index in [4.69, 9.17) is 21.1 Å². The highest BCUT2D eigenvalue weighted by atomic mass is 19.1. The number of nitrogens with two attached hydrogens (primary N) is 1. The summed E-state index contributed by atoms with van der Waals surface area (Å²) < 4.78 is 13.7. The van der Waals surface area contributed by atoms with Crippen molar-refractivity contribution in [3.05, 3.63) is 75.6 Å². The predicted molar refractivity (Wildman–Crippen MR) is 187 cm³/mol. The predicted octanol–water partition coefficient (Wildman–Crippen LogP) is -1.35. The standard InChI is InChI=1S/C34H40FN7O14/c35-20-5-1-18(2-6-20)15-24(39-27(44)17-37-32(52)23(10-13-29(47)48)38-26(43)11-14-30(49)50)33(53)41-25(16-19-3-7-21(8-4-19)42(55)56)34(54)40-22(31(36)51)9-12-28(45)46/h1-8,22-25H,9-17H2,(H2,36,51)(H,37,52)(H,38,43)(H,39,44)(H,40,54)(H,41,53)(H,45,46)(H,47,48)(H,49,50)/t22-,23-,24-,25-/m0/s1. The number of nitro benzene ring substituents is 1. The summed E-state index contributed by atoms with van der Waals surface area (Å²) in [5, 5.41) is 49.5. The molecule has 0 aliphatic carbocycles. The molecule has 0 radical (unpaired) electrons. The van der Waals surface area contributed by atoms with Crippen LogP contribution in [0.2, 0.25) is 0 Å². The van der Waals surface area contributed by atoms with E-state index in [0.29, 0.717) is 5.56 Å². The Hall–Kier alpha value is -7.00. The first-order chi connectivity index (χ1) is 26.3. The van der Waals surface area contributed by atoms with E-state index >= 15 is 0 Å². The third-order valence-electron chi connectivity index (χ3n) is 7.82. The Morgan fingerprint density at radius 3 is 1.54 bits per heavy atom. The topological polar surface area (TPSA) is 344 Å². The molecule has 6 amide bonds. The third kappa shape index (κ3) is 16.8. The lowest BCUT2D eigenvalue weighted by Crippen LogP contribution is -2.58. The summed E-state index contributed by atoms with van der Waals surface area (Å²) >= 11 is 0. The number of hydrogen-bond acceptors (Lipinski definition) is 11. The number of carbonyl (C=O) groups is 9. The van der Waals surface area contributed by atoms with Gasteiger partial charge in [0.15, 0.2) is 0 Å². The van der Waals surface area contributed by atoms with E-state index in [-0.39, 0.29) is 24.1 Å². The molecule has 302 valence electrons. The Kier molecular flexibility index (Phi) is 18.0. The number of nitrogens with one attached hydrogen (secondary N) is 5. The second-order valence-electron chi connectivity index (χ2n) is 12.2. The van der Waals surface area contributed by atoms with Crippen LogP contribution in [0.25, 0.3) is 0 Å². The number of primary amides is 1. The molecule has 22 heteroatoms. The van der Waals surface area contributed by atoms with Crippen molar-refractivity contribution in [2.75, 3.05) is 6.54 Å². The number of hydrogen-bond donors (Lipinski definition) is 9. The van der Waals surface area contributed by atoms with Gasteiger partial charge in [0.05, 0.1) is 17.9 Å². The smallest absolute Gasteiger partial charge is 0.303 e. The van der Waals surface area contributed by atoms with Gasteiger partial charge < -0.3 is 47.6 Å². The molecule has 4 atom stereocenters. The lowest BCUT2D eigenvalue weighted by Gasteiger charge is -2.25. The summed E-state index contributed by atoms with van der Waals surface area (Å²) in [5.74, 6) is -10.6. The minimum absolute atomic E-state index is 0.284. The van der Waals surface area contributed by atoms with E-state index in [0.717, 1.165) is 24.3 Å². The number of rotatable bonds is 24. The number of nitrogens with zero attached hydrogens (tertiary/aromatic N) is 1. The van der Waals surface area contributed by atoms with Crippen molar-refractivity contribution in [1.29, 1.82) is 0 Å². The maximum absolute atomic E-state index is 13.8. The molecule has 0 unspecified atom stereocenters. The van der Waals surface area contributed by atoms with Gasteiger partial charge in [0.25, 0.3) is 5.69 Å². The van der Waals surface area contributed by atoms with Gasteiger partial charge in [-0.05, 0) is 36.1 Å². The molecular formula is C34H40FN7O14. The Bertz CT molecular complexity index is 1790. The lowest BCUT2D eigenvalue weighted by molar-refractivity contribution is -0.384. The molecule has 0 spiro atoms. The molecule has 0 bridgehead atoms. The molecule has 10 N–H and O–H groups in total. The zero-order chi connectivity index (χ0) is 41.9. The fourth-order valence-corrected chi connectivity index (χ4v) is 4.92. The Labute approximate surface area is 316 Å². The van der Waals surface area contributed by atoms with Gasteiger partial charge in [-0.3, -0.25) is 53.3 Å². The minimum atomic E-state index is -1.57. The summed E-state index contributed by atoms with van der Waals surface area (Å²) in [5.41, 5.74) is 5.65. The quantitative estimate of drug-likeness (QED) is 0.0439. The first kappa shape index (κ1) is 45.2. The first-order valence-electron chi connectivity index (χ1n) is 16.7. The van der Waals surface area contributed by atoms with Crippen molar-refractivity contribution < 1.29 is 67.8 Å². The third-order valence-corrected chi connectivity index (χ3v) is 7.82. The fourth-order valence-electron chi connectivity index (χ4n) is 4.92. The van der Waals surface area contributed by atoms with Gasteiger partial charge in [0, 0.05) is 44.2 Å². The molecule has 2 rings (SSSR count). The fraction of sp³-hybridized carbons (Fsp3) is 0.382. The van der Waals surface area contributed by atoms with Gasteiger partial charge in [-0.25, -0.2) is 4.39 Å². The second-order valence-corrected chi connectivity index (χ2v) is 12.2. The van der Waals surface area contributed by atoms with Crippen LogP contribution in [-0.2, 0) is 56.0 Å². The van der Waals surface area contributed by atoms with Crippen LogP contribution in [0.3, 0.4) is 0 Å². The number of benzene rings is 2. The van der Waals surface area contributed by atoms with Gasteiger partial charge in [-0.2, -0.15) is 0 Å². The van der Waals surface area contributed by atoms with Gasteiger partial charge >= 0.3 is 17.9 Å². The van der Waals surface area contributed by atoms with Crippen LogP contribution in [0, 0.1) is 15.9 Å². The highest BCUT2D eigenvalue weighted by Crippen LogP contribution is 2.14. The van der Waals surface area contributed by atoms with Gasteiger partial charge in [0.2, 0.25) is 35.4 Å². The number of carboxylic acid groups (broad SMARTS) is 3. The van der Waals surface area contributed by atoms with E-state index in [1.54, 1.807) is 0 Å². The SMILES string of the molecule is NC(=O)[C@H](CCC(=O)O)NC(=O)[C@H](Cc1ccc([N+](=O)[O-])cc1)NC(=O)[C@H](Cc1ccc(F)cc1)NC(=O)CNC(=O)[C@H](CCC(=O)O)NC(=O)CCC(=O)O. The molecule has 0 saturated carbocycles. The van der Waals surface area contributed by atoms with Crippen LogP contribution < -0.4 is 32.3 Å². The van der Waals surface area contributed by atoms with Gasteiger partial charge in [-0.1, -0.05) is 24.3 Å². The van der Waals surface area contributed by atoms with E-state index in [1.165, 1.54) is 24.3 Å². The number of carboxylic acids is 3. The molecule has 0 aliphatic rings. The lowest BCUT2D eigenvalue weighted by atomic mass is 10.0. The number of carbonyl (C=O) groups excluding carboxylic acids is 6. The van der Waals surface area contributed by atoms with Crippen molar-refractivity contribution in [3.8, 4) is 0 Å². The summed E-state index contributed by atoms with van der Waals surface area (Å²) in [4.78, 5) is 121. The number of halogens is 1. The normalized spacial score (nSPS) is 12.7. The second kappa shape index (κ2) is 22.3. The van der Waals surface area contributed by atoms with Crippen molar-refractivity contribution in [2.24, 2.45) is 5.73 Å². The summed E-state index contributed by atoms with van der Waals surface area (Å²) in [6.45, 7) is -0.836. The maximum atomic E-state index is 13.8. The van der Waals surface area contributed by atoms with E-state index in [1.807, 2.05) is 0 Å². The molecule has 0 fully saturated rings. The average Bonchev–Trinajstić information content (AvgIpc) is 3.13. The molecule has 0 aromatic heterocycles. The van der Waals surface area contributed by atoms with Gasteiger partial charge in [0.1, 0.15) is 30.0 Å². The molecule has 2 aromatic rings. The molecule has 56 heavy (non-hydrogen) atoms. The van der Waals surface area contributed by atoms with E-state index in [9.17, 15) is 57.7 Å². The molecular weight excluding hydrogens is 749 g/mol. The highest BCUT2D eigenvalue weighted by molar-refractivity contribution is 5.96. The number of nitro groups is 1.